The number of fused-ring (bicyclic) bond motifs is 1. The van der Waals surface area contributed by atoms with Crippen LogP contribution in [0.25, 0.3) is 22.5 Å². The van der Waals surface area contributed by atoms with Gasteiger partial charge in [-0.3, -0.25) is 0 Å². The lowest BCUT2D eigenvalue weighted by molar-refractivity contribution is 0.0446. The number of aromatic amines is 2. The van der Waals surface area contributed by atoms with Crippen molar-refractivity contribution in [3.63, 3.8) is 0 Å². The Labute approximate surface area is 160 Å². The molecular weight excluding hydrogens is 362 g/mol. The molecule has 3 N–H and O–H groups in total. The van der Waals surface area contributed by atoms with E-state index in [-0.39, 0.29) is 11.6 Å². The molecule has 9 nitrogen and oxygen atoms in total. The summed E-state index contributed by atoms with van der Waals surface area (Å²) >= 11 is 0. The van der Waals surface area contributed by atoms with Gasteiger partial charge in [0.15, 0.2) is 5.82 Å². The minimum absolute atomic E-state index is 0.285. The Hall–Kier alpha value is -3.10. The molecule has 0 aliphatic heterocycles. The standard InChI is InChI=1S/C19H23N5O4/c1-18(2,3)27-17(26)23-19(9-4-5-10-19)15-22-14(28-24-15)11-7-6-8-12-13(11)21-16(25)20-12/h6-8H,4-5,9-10H2,1-3H3,(H,23,26)(H2,20,21,25). The van der Waals surface area contributed by atoms with Crippen molar-refractivity contribution >= 4 is 17.1 Å². The Balaban J connectivity index is 1.68. The monoisotopic (exact) mass is 385 g/mol. The van der Waals surface area contributed by atoms with E-state index in [9.17, 15) is 9.59 Å². The summed E-state index contributed by atoms with van der Waals surface area (Å²) in [5.74, 6) is 0.703. The van der Waals surface area contributed by atoms with E-state index in [1.54, 1.807) is 18.2 Å². The lowest BCUT2D eigenvalue weighted by atomic mass is 9.97. The van der Waals surface area contributed by atoms with Gasteiger partial charge in [0, 0.05) is 0 Å². The number of aromatic nitrogens is 4. The Morgan fingerprint density at radius 3 is 2.71 bits per heavy atom. The first kappa shape index (κ1) is 18.3. The van der Waals surface area contributed by atoms with Gasteiger partial charge in [-0.2, -0.15) is 4.98 Å². The molecule has 0 saturated heterocycles. The molecule has 1 aliphatic rings. The largest absolute Gasteiger partial charge is 0.444 e. The molecule has 0 spiro atoms. The summed E-state index contributed by atoms with van der Waals surface area (Å²) in [6.07, 6.45) is 2.80. The Morgan fingerprint density at radius 2 is 2.00 bits per heavy atom. The summed E-state index contributed by atoms with van der Waals surface area (Å²) in [6.45, 7) is 5.45. The van der Waals surface area contributed by atoms with Gasteiger partial charge in [-0.05, 0) is 45.7 Å². The summed E-state index contributed by atoms with van der Waals surface area (Å²) in [5, 5.41) is 7.11. The molecule has 1 amide bonds. The number of amides is 1. The van der Waals surface area contributed by atoms with E-state index in [0.29, 0.717) is 35.3 Å². The van der Waals surface area contributed by atoms with E-state index in [4.69, 9.17) is 9.26 Å². The molecular formula is C19H23N5O4. The van der Waals surface area contributed by atoms with Gasteiger partial charge in [0.05, 0.1) is 16.6 Å². The van der Waals surface area contributed by atoms with Crippen LogP contribution in [0.3, 0.4) is 0 Å². The van der Waals surface area contributed by atoms with E-state index in [1.165, 1.54) is 0 Å². The summed E-state index contributed by atoms with van der Waals surface area (Å²) in [6, 6.07) is 5.39. The van der Waals surface area contributed by atoms with E-state index in [1.807, 2.05) is 20.8 Å². The number of nitrogens with one attached hydrogen (secondary N) is 3. The van der Waals surface area contributed by atoms with Crippen molar-refractivity contribution in [2.75, 3.05) is 0 Å². The van der Waals surface area contributed by atoms with Crippen LogP contribution in [0.2, 0.25) is 0 Å². The van der Waals surface area contributed by atoms with Gasteiger partial charge < -0.3 is 24.5 Å². The van der Waals surface area contributed by atoms with Crippen molar-refractivity contribution in [3.8, 4) is 11.5 Å². The molecule has 28 heavy (non-hydrogen) atoms. The van der Waals surface area contributed by atoms with Gasteiger partial charge in [-0.1, -0.05) is 24.1 Å². The lowest BCUT2D eigenvalue weighted by Crippen LogP contribution is -2.46. The van der Waals surface area contributed by atoms with E-state index in [0.717, 1.165) is 12.8 Å². The number of carbonyl (C=O) groups is 1. The van der Waals surface area contributed by atoms with Gasteiger partial charge in [-0.25, -0.2) is 9.59 Å². The van der Waals surface area contributed by atoms with Crippen LogP contribution in [0.5, 0.6) is 0 Å². The van der Waals surface area contributed by atoms with Crippen molar-refractivity contribution in [2.45, 2.75) is 57.6 Å². The van der Waals surface area contributed by atoms with Crippen LogP contribution in [0.1, 0.15) is 52.3 Å². The molecule has 1 aromatic carbocycles. The van der Waals surface area contributed by atoms with Crippen LogP contribution < -0.4 is 11.0 Å². The maximum absolute atomic E-state index is 12.4. The number of rotatable bonds is 3. The molecule has 0 atom stereocenters. The smallest absolute Gasteiger partial charge is 0.408 e. The third kappa shape index (κ3) is 3.39. The van der Waals surface area contributed by atoms with Crippen molar-refractivity contribution in [2.24, 2.45) is 0 Å². The van der Waals surface area contributed by atoms with Crippen molar-refractivity contribution < 1.29 is 14.1 Å². The highest BCUT2D eigenvalue weighted by Gasteiger charge is 2.42. The third-order valence-corrected chi connectivity index (χ3v) is 4.83. The Kier molecular flexibility index (Phi) is 4.24. The summed E-state index contributed by atoms with van der Waals surface area (Å²) in [7, 11) is 0. The fourth-order valence-electron chi connectivity index (χ4n) is 3.65. The average molecular weight is 385 g/mol. The zero-order valence-corrected chi connectivity index (χ0v) is 16.1. The van der Waals surface area contributed by atoms with E-state index < -0.39 is 17.2 Å². The van der Waals surface area contributed by atoms with Crippen molar-refractivity contribution in [1.82, 2.24) is 25.4 Å². The van der Waals surface area contributed by atoms with Crippen LogP contribution in [0, 0.1) is 0 Å². The van der Waals surface area contributed by atoms with Crippen molar-refractivity contribution in [1.29, 1.82) is 0 Å². The van der Waals surface area contributed by atoms with Gasteiger partial charge in [0.1, 0.15) is 11.1 Å². The SMILES string of the molecule is CC(C)(C)OC(=O)NC1(c2noc(-c3cccc4[nH]c(=O)[nH]c34)n2)CCCC1. The van der Waals surface area contributed by atoms with Crippen LogP contribution in [0.4, 0.5) is 4.79 Å². The van der Waals surface area contributed by atoms with Gasteiger partial charge in [0.2, 0.25) is 0 Å². The summed E-state index contributed by atoms with van der Waals surface area (Å²) in [4.78, 5) is 34.0. The molecule has 9 heteroatoms. The lowest BCUT2D eigenvalue weighted by Gasteiger charge is -2.28. The quantitative estimate of drug-likeness (QED) is 0.635. The van der Waals surface area contributed by atoms with Crippen LogP contribution in [0.15, 0.2) is 27.5 Å². The zero-order chi connectivity index (χ0) is 19.9. The topological polar surface area (TPSA) is 126 Å². The van der Waals surface area contributed by atoms with E-state index >= 15 is 0 Å². The first-order valence-corrected chi connectivity index (χ1v) is 9.33. The predicted molar refractivity (Wildman–Crippen MR) is 102 cm³/mol. The molecule has 0 bridgehead atoms. The molecule has 2 heterocycles. The zero-order valence-electron chi connectivity index (χ0n) is 16.1. The number of carbonyl (C=O) groups excluding carboxylic acids is 1. The molecule has 0 radical (unpaired) electrons. The normalized spacial score (nSPS) is 16.4. The highest BCUT2D eigenvalue weighted by molar-refractivity contribution is 5.89. The number of hydrogen-bond donors (Lipinski definition) is 3. The number of hydrogen-bond acceptors (Lipinski definition) is 6. The van der Waals surface area contributed by atoms with Gasteiger partial charge in [-0.15, -0.1) is 0 Å². The Morgan fingerprint density at radius 1 is 1.25 bits per heavy atom. The second kappa shape index (κ2) is 6.50. The molecule has 0 unspecified atom stereocenters. The number of H-pyrrole nitrogens is 2. The third-order valence-electron chi connectivity index (χ3n) is 4.83. The molecule has 3 aromatic rings. The second-order valence-electron chi connectivity index (χ2n) is 8.15. The first-order valence-electron chi connectivity index (χ1n) is 9.33. The van der Waals surface area contributed by atoms with Crippen LogP contribution in [-0.4, -0.2) is 31.8 Å². The molecule has 1 saturated carbocycles. The number of alkyl carbamates (subject to hydrolysis) is 1. The maximum Gasteiger partial charge on any atom is 0.408 e. The summed E-state index contributed by atoms with van der Waals surface area (Å²) in [5.41, 5.74) is 0.264. The molecule has 2 aromatic heterocycles. The number of imidazole rings is 1. The van der Waals surface area contributed by atoms with Gasteiger partial charge >= 0.3 is 11.8 Å². The molecule has 148 valence electrons. The fourth-order valence-corrected chi connectivity index (χ4v) is 3.65. The number of benzene rings is 1. The van der Waals surface area contributed by atoms with Crippen molar-refractivity contribution in [3.05, 3.63) is 34.5 Å². The summed E-state index contributed by atoms with van der Waals surface area (Å²) < 4.78 is 10.9. The maximum atomic E-state index is 12.4. The number of ether oxygens (including phenoxy) is 1. The van der Waals surface area contributed by atoms with Crippen LogP contribution >= 0.6 is 0 Å². The number of para-hydroxylation sites is 1. The predicted octanol–water partition coefficient (Wildman–Crippen LogP) is 3.20. The molecule has 4 rings (SSSR count). The van der Waals surface area contributed by atoms with Crippen LogP contribution in [-0.2, 0) is 10.3 Å². The average Bonchev–Trinajstić information content (AvgIpc) is 3.30. The Bertz CT molecular complexity index is 1070. The molecule has 1 aliphatic carbocycles. The highest BCUT2D eigenvalue weighted by Crippen LogP contribution is 2.38. The minimum Gasteiger partial charge on any atom is -0.444 e. The van der Waals surface area contributed by atoms with Gasteiger partial charge in [0.25, 0.3) is 5.89 Å². The molecule has 1 fully saturated rings. The first-order chi connectivity index (χ1) is 13.3. The second-order valence-corrected chi connectivity index (χ2v) is 8.15. The highest BCUT2D eigenvalue weighted by atomic mass is 16.6. The number of nitrogens with zero attached hydrogens (tertiary/aromatic N) is 2. The fraction of sp³-hybridized carbons (Fsp3) is 0.474. The van der Waals surface area contributed by atoms with E-state index in [2.05, 4.69) is 25.4 Å². The minimum atomic E-state index is -0.719.